The van der Waals surface area contributed by atoms with Gasteiger partial charge in [0.15, 0.2) is 0 Å². The number of hydrogen-bond acceptors (Lipinski definition) is 4. The van der Waals surface area contributed by atoms with E-state index in [0.29, 0.717) is 13.0 Å². The van der Waals surface area contributed by atoms with Crippen molar-refractivity contribution in [2.75, 3.05) is 30.2 Å². The minimum atomic E-state index is -3.30. The van der Waals surface area contributed by atoms with Crippen LogP contribution in [-0.4, -0.2) is 50.4 Å². The Kier molecular flexibility index (Phi) is 5.95. The molecule has 0 aromatic heterocycles. The third kappa shape index (κ3) is 4.42. The van der Waals surface area contributed by atoms with Crippen LogP contribution in [0.1, 0.15) is 36.1 Å². The molecule has 2 aromatic carbocycles. The van der Waals surface area contributed by atoms with Crippen LogP contribution < -0.4 is 4.31 Å². The van der Waals surface area contributed by atoms with E-state index in [9.17, 15) is 13.5 Å². The van der Waals surface area contributed by atoms with E-state index in [1.54, 1.807) is 0 Å². The molecular formula is C23H27ClN2O3S. The number of nitrogens with zero attached hydrogens (tertiary/aromatic N) is 2. The lowest BCUT2D eigenvalue weighted by molar-refractivity contribution is 0.119. The zero-order valence-electron chi connectivity index (χ0n) is 17.3. The van der Waals surface area contributed by atoms with Crippen molar-refractivity contribution >= 4 is 32.9 Å². The normalized spacial score (nSPS) is 20.7. The number of hydrogen-bond donors (Lipinski definition) is 1. The molecule has 1 N–H and O–H groups in total. The van der Waals surface area contributed by atoms with E-state index in [-0.39, 0.29) is 6.04 Å². The number of aliphatic hydroxyl groups excluding tert-OH is 1. The Morgan fingerprint density at radius 2 is 1.93 bits per heavy atom. The molecule has 0 aliphatic carbocycles. The zero-order chi connectivity index (χ0) is 21.5. The second-order valence-electron chi connectivity index (χ2n) is 8.26. The van der Waals surface area contributed by atoms with Crippen LogP contribution in [0.25, 0.3) is 5.57 Å². The minimum absolute atomic E-state index is 0.0964. The van der Waals surface area contributed by atoms with Gasteiger partial charge in [-0.3, -0.25) is 9.21 Å². The molecule has 0 unspecified atom stereocenters. The molecule has 2 aromatic rings. The summed E-state index contributed by atoms with van der Waals surface area (Å²) in [6.07, 6.45) is 4.44. The largest absolute Gasteiger partial charge is 0.387 e. The first kappa shape index (κ1) is 21.4. The van der Waals surface area contributed by atoms with Gasteiger partial charge >= 0.3 is 0 Å². The number of rotatable bonds is 5. The Hall–Kier alpha value is -1.86. The van der Waals surface area contributed by atoms with Crippen molar-refractivity contribution in [1.82, 2.24) is 4.90 Å². The molecule has 0 spiro atoms. The lowest BCUT2D eigenvalue weighted by Gasteiger charge is -2.28. The molecule has 4 rings (SSSR count). The fourth-order valence-electron chi connectivity index (χ4n) is 4.49. The monoisotopic (exact) mass is 446 g/mol. The Labute approximate surface area is 183 Å². The third-order valence-electron chi connectivity index (χ3n) is 5.94. The van der Waals surface area contributed by atoms with Crippen molar-refractivity contribution in [3.05, 3.63) is 70.3 Å². The van der Waals surface area contributed by atoms with Crippen LogP contribution >= 0.6 is 11.6 Å². The lowest BCUT2D eigenvalue weighted by atomic mass is 9.98. The molecule has 2 atom stereocenters. The molecule has 0 radical (unpaired) electrons. The van der Waals surface area contributed by atoms with Gasteiger partial charge in [-0.15, -0.1) is 0 Å². The van der Waals surface area contributed by atoms with E-state index in [0.717, 1.165) is 41.3 Å². The highest BCUT2D eigenvalue weighted by Crippen LogP contribution is 2.36. The molecule has 30 heavy (non-hydrogen) atoms. The van der Waals surface area contributed by atoms with Crippen LogP contribution in [0.15, 0.2) is 48.5 Å². The lowest BCUT2D eigenvalue weighted by Crippen LogP contribution is -2.34. The summed E-state index contributed by atoms with van der Waals surface area (Å²) in [5.41, 5.74) is 5.05. The van der Waals surface area contributed by atoms with Crippen LogP contribution in [-0.2, 0) is 16.4 Å². The molecule has 0 bridgehead atoms. The number of halogens is 1. The Morgan fingerprint density at radius 1 is 1.20 bits per heavy atom. The average Bonchev–Trinajstić information content (AvgIpc) is 3.04. The van der Waals surface area contributed by atoms with Gasteiger partial charge in [0.1, 0.15) is 0 Å². The predicted octanol–water partition coefficient (Wildman–Crippen LogP) is 3.87. The Bertz CT molecular complexity index is 1070. The number of benzene rings is 2. The van der Waals surface area contributed by atoms with Crippen LogP contribution in [0.3, 0.4) is 0 Å². The maximum atomic E-state index is 12.1. The molecule has 2 aliphatic heterocycles. The second-order valence-corrected chi connectivity index (χ2v) is 10.6. The highest BCUT2D eigenvalue weighted by molar-refractivity contribution is 7.92. The highest BCUT2D eigenvalue weighted by atomic mass is 35.5. The van der Waals surface area contributed by atoms with E-state index in [4.69, 9.17) is 11.6 Å². The summed E-state index contributed by atoms with van der Waals surface area (Å²) >= 11 is 5.97. The summed E-state index contributed by atoms with van der Waals surface area (Å²) in [6, 6.07) is 13.4. The van der Waals surface area contributed by atoms with Gasteiger partial charge in [0, 0.05) is 30.7 Å². The molecule has 2 heterocycles. The summed E-state index contributed by atoms with van der Waals surface area (Å²) in [7, 11) is -3.30. The summed E-state index contributed by atoms with van der Waals surface area (Å²) in [4.78, 5) is 2.24. The van der Waals surface area contributed by atoms with Crippen LogP contribution in [0.4, 0.5) is 5.69 Å². The number of aliphatic hydroxyl groups is 1. The maximum Gasteiger partial charge on any atom is 0.232 e. The number of β-amino-alcohol motifs (C(OH)–C–C–N with tert-alkyl or cyclic N) is 1. The van der Waals surface area contributed by atoms with E-state index in [2.05, 4.69) is 11.0 Å². The van der Waals surface area contributed by atoms with E-state index in [1.807, 2.05) is 49.4 Å². The van der Waals surface area contributed by atoms with Crippen molar-refractivity contribution in [2.45, 2.75) is 31.9 Å². The third-order valence-corrected chi connectivity index (χ3v) is 7.46. The Balaban J connectivity index is 1.42. The van der Waals surface area contributed by atoms with Crippen molar-refractivity contribution in [3.63, 3.8) is 0 Å². The summed E-state index contributed by atoms with van der Waals surface area (Å²) < 4.78 is 25.7. The van der Waals surface area contributed by atoms with Crippen molar-refractivity contribution in [2.24, 2.45) is 0 Å². The number of anilines is 1. The SMILES string of the molecule is C[C@H]1Cc2cc([C@H](O)CN3CC=C(c4ccc(Cl)cc4)CC3)ccc2N1S(C)(=O)=O. The number of sulfonamides is 1. The summed E-state index contributed by atoms with van der Waals surface area (Å²) in [5.74, 6) is 0. The molecule has 2 aliphatic rings. The Morgan fingerprint density at radius 3 is 2.57 bits per heavy atom. The maximum absolute atomic E-state index is 12.1. The molecule has 160 valence electrons. The summed E-state index contributed by atoms with van der Waals surface area (Å²) in [5, 5.41) is 11.5. The first-order valence-electron chi connectivity index (χ1n) is 10.2. The van der Waals surface area contributed by atoms with Gasteiger partial charge in [0.05, 0.1) is 18.0 Å². The van der Waals surface area contributed by atoms with Crippen LogP contribution in [0.2, 0.25) is 5.02 Å². The molecule has 7 heteroatoms. The van der Waals surface area contributed by atoms with Gasteiger partial charge in [0.25, 0.3) is 0 Å². The topological polar surface area (TPSA) is 60.9 Å². The second kappa shape index (κ2) is 8.35. The van der Waals surface area contributed by atoms with E-state index >= 15 is 0 Å². The van der Waals surface area contributed by atoms with Crippen molar-refractivity contribution < 1.29 is 13.5 Å². The molecule has 0 saturated heterocycles. The quantitative estimate of drug-likeness (QED) is 0.757. The molecule has 0 fully saturated rings. The first-order valence-corrected chi connectivity index (χ1v) is 12.4. The molecular weight excluding hydrogens is 420 g/mol. The van der Waals surface area contributed by atoms with E-state index in [1.165, 1.54) is 21.7 Å². The minimum Gasteiger partial charge on any atom is -0.387 e. The van der Waals surface area contributed by atoms with Crippen molar-refractivity contribution in [3.8, 4) is 0 Å². The van der Waals surface area contributed by atoms with Gasteiger partial charge in [-0.2, -0.15) is 0 Å². The average molecular weight is 447 g/mol. The smallest absolute Gasteiger partial charge is 0.232 e. The summed E-state index contributed by atoms with van der Waals surface area (Å²) in [6.45, 7) is 4.14. The van der Waals surface area contributed by atoms with Gasteiger partial charge < -0.3 is 5.11 Å². The molecule has 5 nitrogen and oxygen atoms in total. The zero-order valence-corrected chi connectivity index (χ0v) is 18.8. The molecule has 0 amide bonds. The molecule has 0 saturated carbocycles. The van der Waals surface area contributed by atoms with Crippen LogP contribution in [0, 0.1) is 0 Å². The van der Waals surface area contributed by atoms with Crippen LogP contribution in [0.5, 0.6) is 0 Å². The van der Waals surface area contributed by atoms with Crippen molar-refractivity contribution in [1.29, 1.82) is 0 Å². The van der Waals surface area contributed by atoms with E-state index < -0.39 is 16.1 Å². The standard InChI is InChI=1S/C23H27ClN2O3S/c1-16-13-20-14-19(5-8-22(20)26(16)30(2,28)29)23(27)15-25-11-9-18(10-12-25)17-3-6-21(24)7-4-17/h3-9,14,16,23,27H,10-13,15H2,1-2H3/t16-,23+/m0/s1. The fourth-order valence-corrected chi connectivity index (χ4v) is 5.88. The number of fused-ring (bicyclic) bond motifs is 1. The first-order chi connectivity index (χ1) is 14.2. The highest BCUT2D eigenvalue weighted by Gasteiger charge is 2.33. The van der Waals surface area contributed by atoms with Gasteiger partial charge in [-0.05, 0) is 60.2 Å². The van der Waals surface area contributed by atoms with Gasteiger partial charge in [0.2, 0.25) is 10.0 Å². The fraction of sp³-hybridized carbons (Fsp3) is 0.391. The van der Waals surface area contributed by atoms with Gasteiger partial charge in [-0.1, -0.05) is 41.9 Å². The predicted molar refractivity (Wildman–Crippen MR) is 122 cm³/mol. The van der Waals surface area contributed by atoms with Gasteiger partial charge in [-0.25, -0.2) is 8.42 Å².